The standard InChI is InChI=1S/C11H15FN4O/c1-3-7-5-4-6-8(12)9(7)15-11(17)16-10(13)14-2/h4-6H,3H2,1-2H3,(H4,13,14,15,16,17). The molecule has 0 aliphatic heterocycles. The second-order valence-corrected chi connectivity index (χ2v) is 3.32. The van der Waals surface area contributed by atoms with Gasteiger partial charge in [0.1, 0.15) is 5.82 Å². The number of urea groups is 1. The van der Waals surface area contributed by atoms with Gasteiger partial charge in [-0.2, -0.15) is 0 Å². The van der Waals surface area contributed by atoms with E-state index in [1.165, 1.54) is 13.1 Å². The van der Waals surface area contributed by atoms with Crippen LogP contribution in [0.3, 0.4) is 0 Å². The molecule has 0 spiro atoms. The highest BCUT2D eigenvalue weighted by molar-refractivity contribution is 6.02. The lowest BCUT2D eigenvalue weighted by molar-refractivity contribution is 0.256. The van der Waals surface area contributed by atoms with E-state index >= 15 is 0 Å². The van der Waals surface area contributed by atoms with Gasteiger partial charge in [-0.1, -0.05) is 19.1 Å². The molecule has 0 radical (unpaired) electrons. The number of carbonyl (C=O) groups is 1. The highest BCUT2D eigenvalue weighted by Gasteiger charge is 2.10. The topological polar surface area (TPSA) is 79.5 Å². The summed E-state index contributed by atoms with van der Waals surface area (Å²) in [7, 11) is 1.44. The molecule has 0 unspecified atom stereocenters. The molecule has 0 heterocycles. The van der Waals surface area contributed by atoms with Gasteiger partial charge in [0.15, 0.2) is 5.96 Å². The second kappa shape index (κ2) is 5.83. The van der Waals surface area contributed by atoms with Crippen LogP contribution in [0.15, 0.2) is 23.2 Å². The molecule has 1 rings (SSSR count). The van der Waals surface area contributed by atoms with E-state index in [1.54, 1.807) is 12.1 Å². The molecular weight excluding hydrogens is 223 g/mol. The molecule has 0 aromatic heterocycles. The number of rotatable bonds is 2. The number of hydrogen-bond acceptors (Lipinski definition) is 2. The number of aliphatic imine (C=N–C) groups is 1. The summed E-state index contributed by atoms with van der Waals surface area (Å²) >= 11 is 0. The Labute approximate surface area is 98.9 Å². The Kier molecular flexibility index (Phi) is 4.45. The quantitative estimate of drug-likeness (QED) is 0.538. The van der Waals surface area contributed by atoms with E-state index in [2.05, 4.69) is 15.6 Å². The minimum absolute atomic E-state index is 0.0307. The van der Waals surface area contributed by atoms with Gasteiger partial charge in [-0.05, 0) is 18.1 Å². The fraction of sp³-hybridized carbons (Fsp3) is 0.273. The van der Waals surface area contributed by atoms with Crippen molar-refractivity contribution in [2.75, 3.05) is 12.4 Å². The monoisotopic (exact) mass is 238 g/mol. The molecule has 2 amide bonds. The first-order chi connectivity index (χ1) is 8.08. The molecule has 0 aliphatic rings. The smallest absolute Gasteiger partial charge is 0.326 e. The number of anilines is 1. The molecule has 1 aromatic rings. The number of nitrogens with two attached hydrogens (primary N) is 1. The summed E-state index contributed by atoms with van der Waals surface area (Å²) in [5, 5.41) is 4.68. The lowest BCUT2D eigenvalue weighted by atomic mass is 10.1. The van der Waals surface area contributed by atoms with E-state index in [9.17, 15) is 9.18 Å². The number of aryl methyl sites for hydroxylation is 1. The number of para-hydroxylation sites is 1. The van der Waals surface area contributed by atoms with Gasteiger partial charge in [0.05, 0.1) is 5.69 Å². The Bertz CT molecular complexity index is 445. The lowest BCUT2D eigenvalue weighted by Crippen LogP contribution is -2.39. The van der Waals surface area contributed by atoms with Crippen molar-refractivity contribution in [1.29, 1.82) is 0 Å². The van der Waals surface area contributed by atoms with Gasteiger partial charge in [-0.15, -0.1) is 0 Å². The van der Waals surface area contributed by atoms with Crippen LogP contribution in [-0.2, 0) is 6.42 Å². The summed E-state index contributed by atoms with van der Waals surface area (Å²) in [4.78, 5) is 15.0. The maximum Gasteiger partial charge on any atom is 0.326 e. The molecule has 5 nitrogen and oxygen atoms in total. The first kappa shape index (κ1) is 13.0. The Morgan fingerprint density at radius 3 is 2.82 bits per heavy atom. The van der Waals surface area contributed by atoms with Crippen molar-refractivity contribution in [2.45, 2.75) is 13.3 Å². The normalized spacial score (nSPS) is 11.1. The highest BCUT2D eigenvalue weighted by atomic mass is 19.1. The summed E-state index contributed by atoms with van der Waals surface area (Å²) < 4.78 is 13.5. The molecular formula is C11H15FN4O. The molecule has 0 atom stereocenters. The molecule has 0 saturated heterocycles. The van der Waals surface area contributed by atoms with Crippen molar-refractivity contribution >= 4 is 17.7 Å². The zero-order valence-electron chi connectivity index (χ0n) is 9.75. The number of guanidine groups is 1. The zero-order valence-corrected chi connectivity index (χ0v) is 9.75. The Morgan fingerprint density at radius 1 is 1.53 bits per heavy atom. The highest BCUT2D eigenvalue weighted by Crippen LogP contribution is 2.19. The summed E-state index contributed by atoms with van der Waals surface area (Å²) in [6.45, 7) is 1.87. The van der Waals surface area contributed by atoms with E-state index < -0.39 is 11.8 Å². The molecule has 4 N–H and O–H groups in total. The van der Waals surface area contributed by atoms with Crippen LogP contribution in [0.5, 0.6) is 0 Å². The predicted octanol–water partition coefficient (Wildman–Crippen LogP) is 1.45. The number of hydrogen-bond donors (Lipinski definition) is 3. The van der Waals surface area contributed by atoms with E-state index in [1.807, 2.05) is 6.92 Å². The van der Waals surface area contributed by atoms with Gasteiger partial charge in [-0.3, -0.25) is 10.3 Å². The van der Waals surface area contributed by atoms with E-state index in [0.29, 0.717) is 12.0 Å². The fourth-order valence-electron chi connectivity index (χ4n) is 1.32. The van der Waals surface area contributed by atoms with Crippen LogP contribution in [0, 0.1) is 5.82 Å². The number of halogens is 1. The third-order valence-electron chi connectivity index (χ3n) is 2.20. The molecule has 92 valence electrons. The van der Waals surface area contributed by atoms with Crippen molar-refractivity contribution in [3.05, 3.63) is 29.6 Å². The third-order valence-corrected chi connectivity index (χ3v) is 2.20. The summed E-state index contributed by atoms with van der Waals surface area (Å²) in [5.41, 5.74) is 6.20. The van der Waals surface area contributed by atoms with Crippen molar-refractivity contribution in [1.82, 2.24) is 5.32 Å². The van der Waals surface area contributed by atoms with Crippen LogP contribution < -0.4 is 16.4 Å². The molecule has 6 heteroatoms. The second-order valence-electron chi connectivity index (χ2n) is 3.32. The Hall–Kier alpha value is -2.11. The summed E-state index contributed by atoms with van der Waals surface area (Å²) in [6.07, 6.45) is 0.616. The van der Waals surface area contributed by atoms with Crippen molar-refractivity contribution in [3.63, 3.8) is 0 Å². The first-order valence-corrected chi connectivity index (χ1v) is 5.16. The van der Waals surface area contributed by atoms with Crippen molar-refractivity contribution < 1.29 is 9.18 Å². The van der Waals surface area contributed by atoms with Gasteiger partial charge in [0.2, 0.25) is 0 Å². The molecule has 0 bridgehead atoms. The lowest BCUT2D eigenvalue weighted by Gasteiger charge is -2.11. The van der Waals surface area contributed by atoms with Gasteiger partial charge >= 0.3 is 6.03 Å². The fourth-order valence-corrected chi connectivity index (χ4v) is 1.32. The Balaban J connectivity index is 2.84. The third kappa shape index (κ3) is 3.44. The van der Waals surface area contributed by atoms with Gasteiger partial charge in [-0.25, -0.2) is 9.18 Å². The summed E-state index contributed by atoms with van der Waals surface area (Å²) in [5.74, 6) is -0.511. The van der Waals surface area contributed by atoms with Crippen LogP contribution in [0.2, 0.25) is 0 Å². The number of nitrogens with one attached hydrogen (secondary N) is 2. The molecule has 0 aliphatic carbocycles. The van der Waals surface area contributed by atoms with Crippen LogP contribution in [0.25, 0.3) is 0 Å². The Morgan fingerprint density at radius 2 is 2.24 bits per heavy atom. The molecule has 17 heavy (non-hydrogen) atoms. The predicted molar refractivity (Wildman–Crippen MR) is 65.5 cm³/mol. The van der Waals surface area contributed by atoms with Crippen LogP contribution in [0.4, 0.5) is 14.9 Å². The average molecular weight is 238 g/mol. The van der Waals surface area contributed by atoms with E-state index in [0.717, 1.165) is 0 Å². The maximum absolute atomic E-state index is 13.5. The van der Waals surface area contributed by atoms with E-state index in [-0.39, 0.29) is 11.6 Å². The van der Waals surface area contributed by atoms with Gasteiger partial charge in [0, 0.05) is 7.05 Å². The SMILES string of the molecule is CCc1cccc(F)c1NC(=O)NC(N)=NC. The number of amides is 2. The first-order valence-electron chi connectivity index (χ1n) is 5.16. The number of benzene rings is 1. The molecule has 1 aromatic carbocycles. The maximum atomic E-state index is 13.5. The molecule has 0 saturated carbocycles. The summed E-state index contributed by atoms with van der Waals surface area (Å²) in [6, 6.07) is 4.01. The zero-order chi connectivity index (χ0) is 12.8. The van der Waals surface area contributed by atoms with Gasteiger partial charge in [0.25, 0.3) is 0 Å². The van der Waals surface area contributed by atoms with Crippen LogP contribution >= 0.6 is 0 Å². The van der Waals surface area contributed by atoms with Crippen molar-refractivity contribution in [2.24, 2.45) is 10.7 Å². The van der Waals surface area contributed by atoms with E-state index in [4.69, 9.17) is 5.73 Å². The van der Waals surface area contributed by atoms with Crippen molar-refractivity contribution in [3.8, 4) is 0 Å². The van der Waals surface area contributed by atoms with Crippen LogP contribution in [-0.4, -0.2) is 19.0 Å². The molecule has 0 fully saturated rings. The minimum Gasteiger partial charge on any atom is -0.370 e. The number of nitrogens with zero attached hydrogens (tertiary/aromatic N) is 1. The van der Waals surface area contributed by atoms with Crippen LogP contribution in [0.1, 0.15) is 12.5 Å². The largest absolute Gasteiger partial charge is 0.370 e. The minimum atomic E-state index is -0.618. The number of carbonyl (C=O) groups excluding carboxylic acids is 1. The average Bonchev–Trinajstić information content (AvgIpc) is 2.31. The van der Waals surface area contributed by atoms with Gasteiger partial charge < -0.3 is 11.1 Å².